The van der Waals surface area contributed by atoms with Gasteiger partial charge in [-0.05, 0) is 90.7 Å². The van der Waals surface area contributed by atoms with E-state index in [2.05, 4.69) is 47.9 Å². The molecule has 31 unspecified atom stereocenters. The quantitative estimate of drug-likeness (QED) is 0.0116. The molecule has 52 nitrogen and oxygen atoms in total. The summed E-state index contributed by atoms with van der Waals surface area (Å²) in [5.74, 6) is -8.56. The zero-order valence-electron chi connectivity index (χ0n) is 80.5. The van der Waals surface area contributed by atoms with Crippen molar-refractivity contribution in [2.24, 2.45) is 5.41 Å². The summed E-state index contributed by atoms with van der Waals surface area (Å²) in [6.45, 7) is 10.9. The first kappa shape index (κ1) is 122. The zero-order valence-corrected chi connectivity index (χ0v) is 83.3. The van der Waals surface area contributed by atoms with Crippen LogP contribution >= 0.6 is 11.8 Å². The number of unbranched alkanes of at least 4 members (excludes halogenated alkanes) is 2. The minimum atomic E-state index is -2.48. The molecule has 0 aliphatic carbocycles. The number of imide groups is 2. The van der Waals surface area contributed by atoms with Crippen molar-refractivity contribution in [1.82, 2.24) is 62.6 Å². The van der Waals surface area contributed by atoms with Gasteiger partial charge in [0.15, 0.2) is 43.7 Å². The van der Waals surface area contributed by atoms with Crippen LogP contribution in [0.5, 0.6) is 0 Å². The van der Waals surface area contributed by atoms with Crippen LogP contribution in [0, 0.1) is 5.41 Å². The fraction of sp³-hybridized carbons (Fsp3) is 0.802. The van der Waals surface area contributed by atoms with Gasteiger partial charge in [0.1, 0.15) is 128 Å². The van der Waals surface area contributed by atoms with Crippen LogP contribution in [0.4, 0.5) is 0 Å². The summed E-state index contributed by atoms with van der Waals surface area (Å²) in [5.41, 5.74) is -2.05. The maximum absolute atomic E-state index is 14.7. The molecule has 790 valence electrons. The predicted molar refractivity (Wildman–Crippen MR) is 472 cm³/mol. The molecule has 0 aromatic heterocycles. The van der Waals surface area contributed by atoms with Crippen molar-refractivity contribution in [1.29, 1.82) is 0 Å². The van der Waals surface area contributed by atoms with Crippen molar-refractivity contribution >= 4 is 101 Å². The van der Waals surface area contributed by atoms with Crippen LogP contribution in [-0.4, -0.2) is 463 Å². The Morgan fingerprint density at radius 1 is 0.493 bits per heavy atom. The Morgan fingerprint density at radius 2 is 0.907 bits per heavy atom. The fourth-order valence-corrected chi connectivity index (χ4v) is 18.0. The molecule has 0 spiro atoms. The molecule has 8 heterocycles. The maximum atomic E-state index is 14.7. The van der Waals surface area contributed by atoms with E-state index in [-0.39, 0.29) is 131 Å². The van der Waals surface area contributed by atoms with E-state index in [1.165, 1.54) is 36.9 Å². The second kappa shape index (κ2) is 56.6. The van der Waals surface area contributed by atoms with Gasteiger partial charge in [0.05, 0.1) is 48.9 Å². The summed E-state index contributed by atoms with van der Waals surface area (Å²) in [4.78, 5) is 199. The van der Waals surface area contributed by atoms with Gasteiger partial charge in [0, 0.05) is 118 Å². The van der Waals surface area contributed by atoms with Crippen molar-refractivity contribution in [2.75, 3.05) is 92.0 Å². The van der Waals surface area contributed by atoms with Gasteiger partial charge in [-0.2, -0.15) is 0 Å². The number of nitrogens with zero attached hydrogens (tertiary/aromatic N) is 3. The number of Topliss-reactive ketones (excluding diaryl/α,β-unsaturated/α-hetero) is 1. The van der Waals surface area contributed by atoms with E-state index in [1.54, 1.807) is 48.6 Å². The topological polar surface area (TPSA) is 758 Å². The Kier molecular flexibility index (Phi) is 49.1. The molecule has 0 radical (unpaired) electrons. The van der Waals surface area contributed by atoms with Gasteiger partial charge < -0.3 is 181 Å². The third-order valence-electron chi connectivity index (χ3n) is 23.9. The number of aliphatic hydroxyl groups excluding tert-OH is 12. The Morgan fingerprint density at radius 3 is 1.36 bits per heavy atom. The summed E-state index contributed by atoms with van der Waals surface area (Å²) in [7, 11) is 3.26. The monoisotopic (exact) mass is 2030 g/mol. The largest absolute Gasteiger partial charge is 1.00 e. The molecule has 7 saturated heterocycles. The number of aliphatic hydroxyl groups is 12. The molecular formula is C86H138N12NaO40S-. The third kappa shape index (κ3) is 33.2. The molecule has 32 atom stereocenters. The second-order valence-electron chi connectivity index (χ2n) is 36.9. The Balaban J connectivity index is 0.0000150. The molecule has 22 N–H and O–H groups in total. The number of carbonyl (C=O) groups is 14. The van der Waals surface area contributed by atoms with Crippen LogP contribution in [0.2, 0.25) is 0 Å². The van der Waals surface area contributed by atoms with E-state index in [9.17, 15) is 133 Å². The molecule has 140 heavy (non-hydrogen) atoms. The molecule has 0 saturated carbocycles. The summed E-state index contributed by atoms with van der Waals surface area (Å²) in [6, 6.07) is -6.17. The van der Waals surface area contributed by atoms with Crippen LogP contribution in [0.3, 0.4) is 0 Å². The average molecular weight is 2040 g/mol. The van der Waals surface area contributed by atoms with Gasteiger partial charge in [0.2, 0.25) is 53.2 Å². The smallest absolute Gasteiger partial charge is 0.870 e. The van der Waals surface area contributed by atoms with Crippen LogP contribution < -0.4 is 77.4 Å². The Labute approximate surface area is 834 Å². The normalized spacial score (nSPS) is 33.2. The molecule has 8 aliphatic rings. The van der Waals surface area contributed by atoms with Crippen molar-refractivity contribution < 1.29 is 225 Å². The summed E-state index contributed by atoms with van der Waals surface area (Å²) < 4.78 is 73.0. The van der Waals surface area contributed by atoms with E-state index >= 15 is 0 Å². The molecule has 8 rings (SSSR count). The van der Waals surface area contributed by atoms with Crippen molar-refractivity contribution in [3.63, 3.8) is 0 Å². The SMILES string of the molecule is CNCCCNC(=O)[C@H](CC(C)=O)N(C)C(=O)CCCCCSC1CC(=O)N(CCC(=O)NCCCNC(=O)C2OC(OC3C(O)C(CO)OC(OC4C([C-]=O)OC(OC5C(O)C(CO)OC(OC6C(C(=O)NCCCNC(=O)CCN7C(=O)C=CC7=O)OC(OC7C(O)C(CO)OC(C(C)(C)C)C7NC(C)=O)C(O)C6O)C5NC(C)=O)C(O)C4O)C3NC(C)=O)C(O)C(O)C2OC(C)(C)C)C1=O.[Na+].[OH-]. The van der Waals surface area contributed by atoms with E-state index in [0.29, 0.717) is 44.5 Å². The number of rotatable bonds is 49. The second-order valence-corrected chi connectivity index (χ2v) is 38.2. The van der Waals surface area contributed by atoms with Gasteiger partial charge in [0.25, 0.3) is 23.6 Å². The number of thioether (sulfide) groups is 1. The van der Waals surface area contributed by atoms with Crippen LogP contribution in [0.15, 0.2) is 12.2 Å². The molecule has 7 fully saturated rings. The van der Waals surface area contributed by atoms with Crippen LogP contribution in [0.1, 0.15) is 140 Å². The van der Waals surface area contributed by atoms with Gasteiger partial charge in [-0.1, -0.05) is 27.2 Å². The van der Waals surface area contributed by atoms with Crippen LogP contribution in [0.25, 0.3) is 0 Å². The first-order valence-corrected chi connectivity index (χ1v) is 46.9. The van der Waals surface area contributed by atoms with Gasteiger partial charge in [-0.25, -0.2) is 6.29 Å². The number of amides is 13. The Bertz CT molecular complexity index is 4150. The third-order valence-corrected chi connectivity index (χ3v) is 25.2. The standard InChI is InChI=1S/C86H137N12O39S.Na.H2O/c1-39(103)33-43(76(122)90-27-16-24-87-11)96(12)51(109)19-14-13-15-32-138-48-34-54(112)98(79(48)125)31-23-50(108)89-26-18-29-92-78(124)74-72(137-86(8,9)10)63(118)66(121)84(136-74)133-70-56(94-41(3)105)80(127-45(36-100)60(70)115)130-67-47(38-102)129-82(64(119)61(67)116)132-69-57(95-42(4)106)81(128-46(37-101)59(69)114)134-71-62(117)65(120)83(131-68-55(93-40(2)104)75(85(5,6)7)126-44(35-99)58(68)113)135-73(71)77(123)91-28-17-25-88-49(107)22-30-97-52(110)20-21-53(97)111;;/h20-21,43-48,55-75,80-84,87,99-101,113-121H,13-19,22-37H2,1-12H3,(H,88,107)(H,89,108)(H,90,122)(H,91,123)(H,92,124)(H,93,104)(H,94,105)(H,95,106);;1H2/q-1;+1;/p-1/t43-,44?,45?,46?,47?,48?,55?,56?,57?,58?,59?,60?,61?,62?,63?,64?,65?,66?,67?,68?,69?,70?,71?,72?,73?,74?,75?,80?,81?,82?,83?,84?;;/m0../s1. The fourth-order valence-electron chi connectivity index (χ4n) is 16.8. The first-order chi connectivity index (χ1) is 65.1. The zero-order chi connectivity index (χ0) is 102. The number of ether oxygens (including phenoxy) is 12. The van der Waals surface area contributed by atoms with E-state index in [4.69, 9.17) is 56.8 Å². The predicted octanol–water partition coefficient (Wildman–Crippen LogP) is -13.9. The number of likely N-dealkylation sites (N-methyl/N-ethyl adjacent to an activating group) is 1. The summed E-state index contributed by atoms with van der Waals surface area (Å²) >= 11 is 1.27. The number of hydrogen-bond donors (Lipinski definition) is 21. The van der Waals surface area contributed by atoms with E-state index in [1.807, 2.05) is 0 Å². The minimum Gasteiger partial charge on any atom is -0.870 e. The van der Waals surface area contributed by atoms with Crippen LogP contribution in [-0.2, 0) is 129 Å². The van der Waals surface area contributed by atoms with Gasteiger partial charge in [-0.3, -0.25) is 76.9 Å². The van der Waals surface area contributed by atoms with Crippen molar-refractivity contribution in [2.45, 2.75) is 341 Å². The number of ketones is 1. The number of nitrogens with one attached hydrogen (secondary N) is 9. The summed E-state index contributed by atoms with van der Waals surface area (Å²) in [5, 5.41) is 163. The maximum Gasteiger partial charge on any atom is 1.00 e. The van der Waals surface area contributed by atoms with Crippen molar-refractivity contribution in [3.8, 4) is 0 Å². The summed E-state index contributed by atoms with van der Waals surface area (Å²) in [6.07, 6.45) is -50.4. The molecule has 13 amide bonds. The van der Waals surface area contributed by atoms with E-state index in [0.717, 1.165) is 42.7 Å². The van der Waals surface area contributed by atoms with Gasteiger partial charge in [-0.15, -0.1) is 11.8 Å². The molecule has 0 aromatic carbocycles. The van der Waals surface area contributed by atoms with Crippen molar-refractivity contribution in [3.05, 3.63) is 12.2 Å². The number of likely N-dealkylation sites (tertiary alicyclic amines) is 1. The molecule has 0 bridgehead atoms. The number of hydrogen-bond acceptors (Lipinski definition) is 42. The molecular weight excluding hydrogens is 1900 g/mol. The minimum absolute atomic E-state index is 0. The first-order valence-electron chi connectivity index (χ1n) is 45.9. The van der Waals surface area contributed by atoms with E-state index < -0.39 is 297 Å². The average Bonchev–Trinajstić information content (AvgIpc) is 0.869. The molecule has 0 aromatic rings. The number of carbonyl (C=O) groups excluding carboxylic acids is 15. The molecule has 8 aliphatic heterocycles. The Hall–Kier alpha value is -7.10. The molecule has 54 heteroatoms. The van der Waals surface area contributed by atoms with Gasteiger partial charge >= 0.3 is 29.6 Å².